The fourth-order valence-electron chi connectivity index (χ4n) is 7.19. The van der Waals surface area contributed by atoms with E-state index in [1.807, 2.05) is 19.9 Å². The second-order valence-electron chi connectivity index (χ2n) is 16.6. The first-order chi connectivity index (χ1) is 24.9. The number of piperidine rings is 2. The van der Waals surface area contributed by atoms with Crippen molar-refractivity contribution in [3.05, 3.63) is 17.6 Å². The topological polar surface area (TPSA) is 122 Å². The Kier molecular flexibility index (Phi) is 16.9. The fourth-order valence-corrected chi connectivity index (χ4v) is 8.79. The lowest BCUT2D eigenvalue weighted by Gasteiger charge is -2.37. The van der Waals surface area contributed by atoms with E-state index in [0.717, 1.165) is 120 Å². The van der Waals surface area contributed by atoms with Crippen LogP contribution in [0.25, 0.3) is 0 Å². The number of carbonyl (C=O) groups excluding carboxylic acids is 2. The van der Waals surface area contributed by atoms with Crippen LogP contribution in [-0.2, 0) is 29.9 Å². The Morgan fingerprint density at radius 3 is 1.65 bits per heavy atom. The number of hydrogen-bond acceptors (Lipinski definition) is 11. The monoisotopic (exact) mass is 761 g/mol. The Hall–Kier alpha value is -2.03. The first-order valence-corrected chi connectivity index (χ1v) is 21.5. The third-order valence-electron chi connectivity index (χ3n) is 10.4. The van der Waals surface area contributed by atoms with Gasteiger partial charge in [0.05, 0.1) is 17.8 Å². The number of ether oxygens (including phenoxy) is 2. The molecule has 4 fully saturated rings. The van der Waals surface area contributed by atoms with Crippen LogP contribution in [0, 0.1) is 11.8 Å². The van der Waals surface area contributed by atoms with Crippen LogP contribution in [0.5, 0.6) is 0 Å². The van der Waals surface area contributed by atoms with Crippen LogP contribution < -0.4 is 10.6 Å². The van der Waals surface area contributed by atoms with Crippen LogP contribution in [0.1, 0.15) is 131 Å². The molecule has 4 aliphatic heterocycles. The molecule has 2 N–H and O–H groups in total. The SMILES string of the molecule is CC.CC(C)(C)c1cc(NC(=O)[C@@H]2CCCCN2CC2CCOCC2)sn1.CC(C)(C)c1nsc(NC(=O)C2CCCCN2CC2CCOCC2)n1. The van der Waals surface area contributed by atoms with E-state index in [4.69, 9.17) is 9.47 Å². The zero-order valence-electron chi connectivity index (χ0n) is 33.3. The van der Waals surface area contributed by atoms with Crippen LogP contribution in [0.3, 0.4) is 0 Å². The summed E-state index contributed by atoms with van der Waals surface area (Å²) in [6.45, 7) is 24.2. The molecule has 0 aliphatic carbocycles. The molecular weight excluding hydrogens is 695 g/mol. The van der Waals surface area contributed by atoms with Crippen molar-refractivity contribution in [2.75, 3.05) is 63.2 Å². The average Bonchev–Trinajstić information content (AvgIpc) is 3.81. The minimum absolute atomic E-state index is 0.00298. The van der Waals surface area contributed by atoms with Crippen LogP contribution in [0.2, 0.25) is 0 Å². The van der Waals surface area contributed by atoms with Gasteiger partial charge in [-0.05, 0) is 93.9 Å². The molecule has 4 aliphatic rings. The van der Waals surface area contributed by atoms with Crippen LogP contribution >= 0.6 is 23.1 Å². The standard InChI is InChI=1S/C19H31N3O2S.C18H30N4O2S.C2H6/c1-19(2,3)16-12-17(25-21-16)20-18(23)15-6-4-5-9-22(15)13-14-7-10-24-11-8-14;1-18(2,3)16-20-17(25-21-16)19-15(23)14-6-4-5-9-22(14)12-13-7-10-24-11-8-13;1-2/h12,14-15H,4-11,13H2,1-3H3,(H,20,23);13-14H,4-12H2,1-3H3,(H,19,20,21,23);1-2H3/t15-;;/m0../s1. The van der Waals surface area contributed by atoms with Gasteiger partial charge < -0.3 is 14.8 Å². The van der Waals surface area contributed by atoms with E-state index in [-0.39, 0.29) is 34.7 Å². The maximum Gasteiger partial charge on any atom is 0.243 e. The Morgan fingerprint density at radius 2 is 1.21 bits per heavy atom. The van der Waals surface area contributed by atoms with Gasteiger partial charge in [-0.25, -0.2) is 4.98 Å². The molecule has 4 saturated heterocycles. The molecule has 2 aromatic rings. The molecule has 0 saturated carbocycles. The smallest absolute Gasteiger partial charge is 0.243 e. The predicted octanol–water partition coefficient (Wildman–Crippen LogP) is 7.74. The number of anilines is 2. The van der Waals surface area contributed by atoms with Crippen molar-refractivity contribution in [2.24, 2.45) is 11.8 Å². The summed E-state index contributed by atoms with van der Waals surface area (Å²) in [5.74, 6) is 2.31. The maximum absolute atomic E-state index is 12.9. The van der Waals surface area contributed by atoms with E-state index in [9.17, 15) is 9.59 Å². The molecule has 6 rings (SSSR count). The molecular formula is C39H67N7O4S2. The number of nitrogens with zero attached hydrogens (tertiary/aromatic N) is 5. The predicted molar refractivity (Wildman–Crippen MR) is 214 cm³/mol. The summed E-state index contributed by atoms with van der Waals surface area (Å²) in [6.07, 6.45) is 11.0. The maximum atomic E-state index is 12.9. The first-order valence-electron chi connectivity index (χ1n) is 19.9. The lowest BCUT2D eigenvalue weighted by Crippen LogP contribution is -2.49. The van der Waals surface area contributed by atoms with Crippen LogP contribution in [0.15, 0.2) is 6.07 Å². The van der Waals surface area contributed by atoms with E-state index in [2.05, 4.69) is 75.7 Å². The van der Waals surface area contributed by atoms with Crippen molar-refractivity contribution in [3.8, 4) is 0 Å². The molecule has 0 bridgehead atoms. The summed E-state index contributed by atoms with van der Waals surface area (Å²) in [5, 5.41) is 7.62. The molecule has 6 heterocycles. The molecule has 0 radical (unpaired) electrons. The molecule has 11 nitrogen and oxygen atoms in total. The number of amides is 2. The van der Waals surface area contributed by atoms with Crippen LogP contribution in [0.4, 0.5) is 10.1 Å². The second-order valence-corrected chi connectivity index (χ2v) is 18.2. The van der Waals surface area contributed by atoms with Crippen molar-refractivity contribution in [1.82, 2.24) is 23.5 Å². The Bertz CT molecular complexity index is 1260. The second kappa shape index (κ2) is 20.6. The molecule has 13 heteroatoms. The van der Waals surface area contributed by atoms with Gasteiger partial charge in [-0.3, -0.25) is 24.7 Å². The number of hydrogen-bond donors (Lipinski definition) is 2. The highest BCUT2D eigenvalue weighted by atomic mass is 32.1. The van der Waals surface area contributed by atoms with E-state index in [1.54, 1.807) is 0 Å². The van der Waals surface area contributed by atoms with Crippen molar-refractivity contribution < 1.29 is 19.1 Å². The summed E-state index contributed by atoms with van der Waals surface area (Å²) in [4.78, 5) is 35.0. The van der Waals surface area contributed by atoms with Crippen molar-refractivity contribution in [1.29, 1.82) is 0 Å². The third-order valence-corrected chi connectivity index (χ3v) is 11.7. The summed E-state index contributed by atoms with van der Waals surface area (Å²) in [6, 6.07) is 1.98. The molecule has 0 spiro atoms. The Morgan fingerprint density at radius 1 is 0.712 bits per heavy atom. The summed E-state index contributed by atoms with van der Waals surface area (Å²) in [5.41, 5.74) is 0.953. The van der Waals surface area contributed by atoms with Gasteiger partial charge in [0, 0.05) is 61.9 Å². The van der Waals surface area contributed by atoms with E-state index < -0.39 is 0 Å². The highest BCUT2D eigenvalue weighted by Crippen LogP contribution is 2.29. The Balaban J connectivity index is 0.000000222. The van der Waals surface area contributed by atoms with E-state index in [0.29, 0.717) is 17.0 Å². The number of aromatic nitrogens is 3. The molecule has 52 heavy (non-hydrogen) atoms. The van der Waals surface area contributed by atoms with Crippen molar-refractivity contribution in [2.45, 2.75) is 143 Å². The molecule has 294 valence electrons. The molecule has 1 unspecified atom stereocenters. The van der Waals surface area contributed by atoms with Crippen molar-refractivity contribution >= 4 is 45.0 Å². The zero-order chi connectivity index (χ0) is 37.7. The minimum atomic E-state index is -0.0978. The first kappa shape index (κ1) is 42.7. The molecule has 0 aromatic carbocycles. The van der Waals surface area contributed by atoms with Crippen LogP contribution in [-0.4, -0.2) is 100 Å². The highest BCUT2D eigenvalue weighted by molar-refractivity contribution is 7.10. The largest absolute Gasteiger partial charge is 0.381 e. The molecule has 2 amide bonds. The van der Waals surface area contributed by atoms with Gasteiger partial charge in [0.15, 0.2) is 0 Å². The number of carbonyl (C=O) groups is 2. The van der Waals surface area contributed by atoms with Gasteiger partial charge in [-0.1, -0.05) is 68.2 Å². The minimum Gasteiger partial charge on any atom is -0.381 e. The van der Waals surface area contributed by atoms with Gasteiger partial charge in [0.1, 0.15) is 10.8 Å². The average molecular weight is 762 g/mol. The number of nitrogens with one attached hydrogen (secondary N) is 2. The van der Waals surface area contributed by atoms with Gasteiger partial charge in [-0.15, -0.1) is 0 Å². The summed E-state index contributed by atoms with van der Waals surface area (Å²) < 4.78 is 19.8. The van der Waals surface area contributed by atoms with E-state index >= 15 is 0 Å². The quantitative estimate of drug-likeness (QED) is 0.278. The number of rotatable bonds is 8. The van der Waals surface area contributed by atoms with Gasteiger partial charge >= 0.3 is 0 Å². The molecule has 2 atom stereocenters. The lowest BCUT2D eigenvalue weighted by molar-refractivity contribution is -0.123. The number of likely N-dealkylation sites (tertiary alicyclic amines) is 2. The Labute approximate surface area is 321 Å². The molecule has 2 aromatic heterocycles. The van der Waals surface area contributed by atoms with Gasteiger partial charge in [0.25, 0.3) is 0 Å². The van der Waals surface area contributed by atoms with Gasteiger partial charge in [-0.2, -0.15) is 8.75 Å². The normalized spacial score (nSPS) is 22.8. The summed E-state index contributed by atoms with van der Waals surface area (Å²) >= 11 is 2.67. The summed E-state index contributed by atoms with van der Waals surface area (Å²) in [7, 11) is 0. The van der Waals surface area contributed by atoms with Crippen molar-refractivity contribution in [3.63, 3.8) is 0 Å². The zero-order valence-corrected chi connectivity index (χ0v) is 34.9. The fraction of sp³-hybridized carbons (Fsp3) is 0.821. The lowest BCUT2D eigenvalue weighted by atomic mass is 9.92. The third kappa shape index (κ3) is 13.1. The highest BCUT2D eigenvalue weighted by Gasteiger charge is 2.33. The van der Waals surface area contributed by atoms with Gasteiger partial charge in [0.2, 0.25) is 16.9 Å². The van der Waals surface area contributed by atoms with E-state index in [1.165, 1.54) is 35.9 Å².